The largest absolute Gasteiger partial charge is 0.479 e. The molecule has 1 aromatic rings. The summed E-state index contributed by atoms with van der Waals surface area (Å²) >= 11 is 6.66. The molecule has 0 aliphatic heterocycles. The molecule has 1 atom stereocenters. The third-order valence-electron chi connectivity index (χ3n) is 3.57. The Bertz CT molecular complexity index is 483. The number of hydrogen-bond acceptors (Lipinski definition) is 2. The maximum absolute atomic E-state index is 11.5. The van der Waals surface area contributed by atoms with Gasteiger partial charge in [0.2, 0.25) is 0 Å². The molecule has 6 heteroatoms. The lowest BCUT2D eigenvalue weighted by Gasteiger charge is -2.17. The molecular weight excluding hydrogens is 633 g/mol. The van der Waals surface area contributed by atoms with Crippen molar-refractivity contribution in [3.05, 3.63) is 22.8 Å². The van der Waals surface area contributed by atoms with Crippen LogP contribution in [-0.4, -0.2) is 17.2 Å². The minimum Gasteiger partial charge on any atom is -0.479 e. The zero-order valence-corrected chi connectivity index (χ0v) is 19.8. The van der Waals surface area contributed by atoms with Crippen LogP contribution in [0.25, 0.3) is 0 Å². The second kappa shape index (κ2) is 12.1. The van der Waals surface area contributed by atoms with Crippen molar-refractivity contribution in [1.29, 1.82) is 0 Å². The molecule has 0 fully saturated rings. The van der Waals surface area contributed by atoms with Crippen LogP contribution in [-0.2, 0) is 4.79 Å². The number of hydrogen-bond donors (Lipinski definition) is 1. The standard InChI is InChI=1S/C17H23I3O3/c1-2-3-4-5-6-7-8-9-15(17(21)22)23-16-13(19)10-12(18)11-14(16)20/h10-11,15H,2-9H2,1H3,(H,21,22). The first-order valence-electron chi connectivity index (χ1n) is 7.99. The zero-order chi connectivity index (χ0) is 17.2. The predicted octanol–water partition coefficient (Wildman–Crippen LogP) is 6.47. The van der Waals surface area contributed by atoms with Crippen LogP contribution in [0, 0.1) is 10.7 Å². The Kier molecular flexibility index (Phi) is 11.4. The van der Waals surface area contributed by atoms with Gasteiger partial charge in [0, 0.05) is 3.57 Å². The molecule has 0 saturated heterocycles. The van der Waals surface area contributed by atoms with Crippen molar-refractivity contribution in [2.24, 2.45) is 0 Å². The van der Waals surface area contributed by atoms with E-state index < -0.39 is 12.1 Å². The quantitative estimate of drug-likeness (QED) is 0.220. The molecule has 1 N–H and O–H groups in total. The van der Waals surface area contributed by atoms with E-state index in [2.05, 4.69) is 74.7 Å². The van der Waals surface area contributed by atoms with Gasteiger partial charge in [0.05, 0.1) is 7.14 Å². The van der Waals surface area contributed by atoms with Crippen molar-refractivity contribution in [3.8, 4) is 5.75 Å². The van der Waals surface area contributed by atoms with E-state index in [1.807, 2.05) is 12.1 Å². The normalized spacial score (nSPS) is 12.2. The smallest absolute Gasteiger partial charge is 0.344 e. The number of benzene rings is 1. The van der Waals surface area contributed by atoms with Crippen LogP contribution in [0.4, 0.5) is 0 Å². The molecule has 0 radical (unpaired) electrons. The molecule has 1 rings (SSSR count). The third-order valence-corrected chi connectivity index (χ3v) is 5.79. The highest BCUT2D eigenvalue weighted by Gasteiger charge is 2.21. The van der Waals surface area contributed by atoms with Crippen molar-refractivity contribution in [1.82, 2.24) is 0 Å². The lowest BCUT2D eigenvalue weighted by atomic mass is 10.1. The van der Waals surface area contributed by atoms with Gasteiger partial charge >= 0.3 is 5.97 Å². The van der Waals surface area contributed by atoms with Gasteiger partial charge in [0.1, 0.15) is 5.75 Å². The highest BCUT2D eigenvalue weighted by atomic mass is 127. The van der Waals surface area contributed by atoms with E-state index in [4.69, 9.17) is 4.74 Å². The summed E-state index contributed by atoms with van der Waals surface area (Å²) in [7, 11) is 0. The monoisotopic (exact) mass is 656 g/mol. The topological polar surface area (TPSA) is 46.5 Å². The van der Waals surface area contributed by atoms with E-state index in [0.717, 1.165) is 23.6 Å². The van der Waals surface area contributed by atoms with Gasteiger partial charge in [-0.25, -0.2) is 4.79 Å². The van der Waals surface area contributed by atoms with E-state index in [1.165, 1.54) is 32.1 Å². The molecule has 23 heavy (non-hydrogen) atoms. The molecule has 1 aromatic carbocycles. The number of carboxylic acid groups (broad SMARTS) is 1. The van der Waals surface area contributed by atoms with Gasteiger partial charge in [-0.15, -0.1) is 0 Å². The molecule has 0 amide bonds. The molecule has 0 aliphatic carbocycles. The Morgan fingerprint density at radius 1 is 1.04 bits per heavy atom. The Balaban J connectivity index is 2.49. The first kappa shape index (κ1) is 21.7. The third kappa shape index (κ3) is 8.55. The van der Waals surface area contributed by atoms with Gasteiger partial charge in [0.25, 0.3) is 0 Å². The second-order valence-corrected chi connectivity index (χ2v) is 9.12. The van der Waals surface area contributed by atoms with E-state index in [-0.39, 0.29) is 0 Å². The first-order chi connectivity index (χ1) is 11.0. The number of aliphatic carboxylic acids is 1. The molecule has 1 unspecified atom stereocenters. The predicted molar refractivity (Wildman–Crippen MR) is 119 cm³/mol. The van der Waals surface area contributed by atoms with E-state index in [9.17, 15) is 9.90 Å². The van der Waals surface area contributed by atoms with Crippen LogP contribution < -0.4 is 4.74 Å². The Labute approximate surface area is 179 Å². The fourth-order valence-corrected chi connectivity index (χ4v) is 6.14. The highest BCUT2D eigenvalue weighted by molar-refractivity contribution is 14.1. The summed E-state index contributed by atoms with van der Waals surface area (Å²) in [5, 5.41) is 9.41. The minimum atomic E-state index is -0.874. The maximum atomic E-state index is 11.5. The van der Waals surface area contributed by atoms with Crippen LogP contribution in [0.2, 0.25) is 0 Å². The Hall–Kier alpha value is 0.680. The number of unbranched alkanes of at least 4 members (excludes halogenated alkanes) is 6. The van der Waals surface area contributed by atoms with Crippen molar-refractivity contribution >= 4 is 73.7 Å². The lowest BCUT2D eigenvalue weighted by Crippen LogP contribution is -2.27. The molecular formula is C17H23I3O3. The van der Waals surface area contributed by atoms with Gasteiger partial charge in [-0.3, -0.25) is 0 Å². The molecule has 0 bridgehead atoms. The number of rotatable bonds is 11. The van der Waals surface area contributed by atoms with Crippen LogP contribution in [0.5, 0.6) is 5.75 Å². The van der Waals surface area contributed by atoms with Crippen LogP contribution in [0.15, 0.2) is 12.1 Å². The summed E-state index contributed by atoms with van der Waals surface area (Å²) in [5.41, 5.74) is 0. The van der Waals surface area contributed by atoms with Gasteiger partial charge in [-0.1, -0.05) is 45.4 Å². The number of halogens is 3. The molecule has 0 saturated carbocycles. The van der Waals surface area contributed by atoms with Crippen LogP contribution in [0.3, 0.4) is 0 Å². The number of carboxylic acids is 1. The van der Waals surface area contributed by atoms with Gasteiger partial charge in [0.15, 0.2) is 6.10 Å². The fraction of sp³-hybridized carbons (Fsp3) is 0.588. The van der Waals surface area contributed by atoms with Gasteiger partial charge in [-0.2, -0.15) is 0 Å². The SMILES string of the molecule is CCCCCCCCCC(Oc1c(I)cc(I)cc1I)C(=O)O. The second-order valence-electron chi connectivity index (χ2n) is 5.55. The van der Waals surface area contributed by atoms with E-state index >= 15 is 0 Å². The fourth-order valence-electron chi connectivity index (χ4n) is 2.30. The molecule has 130 valence electrons. The Morgan fingerprint density at radius 3 is 2.09 bits per heavy atom. The van der Waals surface area contributed by atoms with Crippen molar-refractivity contribution in [2.45, 2.75) is 64.4 Å². The average Bonchev–Trinajstić information content (AvgIpc) is 2.47. The lowest BCUT2D eigenvalue weighted by molar-refractivity contribution is -0.145. The van der Waals surface area contributed by atoms with E-state index in [0.29, 0.717) is 12.2 Å². The summed E-state index contributed by atoms with van der Waals surface area (Å²) in [6.45, 7) is 2.21. The average molecular weight is 656 g/mol. The summed E-state index contributed by atoms with van der Waals surface area (Å²) < 4.78 is 8.87. The van der Waals surface area contributed by atoms with Gasteiger partial charge < -0.3 is 9.84 Å². The van der Waals surface area contributed by atoms with E-state index in [1.54, 1.807) is 0 Å². The molecule has 0 aromatic heterocycles. The Morgan fingerprint density at radius 2 is 1.57 bits per heavy atom. The molecule has 3 nitrogen and oxygen atoms in total. The number of carbonyl (C=O) groups is 1. The van der Waals surface area contributed by atoms with Crippen molar-refractivity contribution < 1.29 is 14.6 Å². The zero-order valence-electron chi connectivity index (χ0n) is 13.3. The molecule has 0 heterocycles. The molecule has 0 spiro atoms. The van der Waals surface area contributed by atoms with Crippen molar-refractivity contribution in [3.63, 3.8) is 0 Å². The highest BCUT2D eigenvalue weighted by Crippen LogP contribution is 2.31. The number of ether oxygens (including phenoxy) is 1. The van der Waals surface area contributed by atoms with Gasteiger partial charge in [-0.05, 0) is 92.7 Å². The van der Waals surface area contributed by atoms with Crippen LogP contribution >= 0.6 is 67.8 Å². The maximum Gasteiger partial charge on any atom is 0.344 e. The summed E-state index contributed by atoms with van der Waals surface area (Å²) in [5.74, 6) is -0.178. The minimum absolute atomic E-state index is 0.571. The summed E-state index contributed by atoms with van der Waals surface area (Å²) in [4.78, 5) is 11.5. The first-order valence-corrected chi connectivity index (χ1v) is 11.2. The van der Waals surface area contributed by atoms with Crippen molar-refractivity contribution in [2.75, 3.05) is 0 Å². The summed E-state index contributed by atoms with van der Waals surface area (Å²) in [6, 6.07) is 4.01. The summed E-state index contributed by atoms with van der Waals surface area (Å²) in [6.07, 6.45) is 8.07. The van der Waals surface area contributed by atoms with Crippen LogP contribution in [0.1, 0.15) is 58.3 Å². The molecule has 0 aliphatic rings.